The van der Waals surface area contributed by atoms with Crippen LogP contribution in [0.15, 0.2) is 36.4 Å². The smallest absolute Gasteiger partial charge is 0.155 e. The van der Waals surface area contributed by atoms with Gasteiger partial charge in [-0.15, -0.1) is 0 Å². The van der Waals surface area contributed by atoms with Crippen molar-refractivity contribution in [3.05, 3.63) is 42.0 Å². The van der Waals surface area contributed by atoms with E-state index in [4.69, 9.17) is 4.74 Å². The molecule has 1 aromatic carbocycles. The largest absolute Gasteiger partial charge is 0.493 e. The number of hydrogen-bond donors (Lipinski definition) is 0. The van der Waals surface area contributed by atoms with Crippen molar-refractivity contribution in [2.75, 3.05) is 6.61 Å². The molecular weight excluding hydrogens is 200 g/mol. The quantitative estimate of drug-likeness (QED) is 0.663. The molecule has 0 saturated heterocycles. The predicted octanol–water partition coefficient (Wildman–Crippen LogP) is 2.63. The summed E-state index contributed by atoms with van der Waals surface area (Å²) in [4.78, 5) is 11.3. The second-order valence-electron chi connectivity index (χ2n) is 4.55. The highest BCUT2D eigenvalue weighted by molar-refractivity contribution is 5.91. The molecular formula is C14H14O2. The zero-order chi connectivity index (χ0) is 11.0. The number of fused-ring (bicyclic) bond motifs is 2. The summed E-state index contributed by atoms with van der Waals surface area (Å²) >= 11 is 0. The van der Waals surface area contributed by atoms with E-state index in [0.29, 0.717) is 6.42 Å². The molecule has 0 N–H and O–H groups in total. The first-order chi connectivity index (χ1) is 7.80. The van der Waals surface area contributed by atoms with Crippen LogP contribution >= 0.6 is 0 Å². The summed E-state index contributed by atoms with van der Waals surface area (Å²) in [7, 11) is 0. The van der Waals surface area contributed by atoms with E-state index in [2.05, 4.69) is 12.1 Å². The third-order valence-electron chi connectivity index (χ3n) is 3.63. The lowest BCUT2D eigenvalue weighted by molar-refractivity contribution is -0.115. The van der Waals surface area contributed by atoms with E-state index < -0.39 is 0 Å². The first-order valence-corrected chi connectivity index (χ1v) is 5.75. The molecule has 0 saturated carbocycles. The highest BCUT2D eigenvalue weighted by Gasteiger charge is 2.37. The Morgan fingerprint density at radius 2 is 2.06 bits per heavy atom. The summed E-state index contributed by atoms with van der Waals surface area (Å²) in [5.41, 5.74) is 1.29. The van der Waals surface area contributed by atoms with Gasteiger partial charge in [-0.2, -0.15) is 0 Å². The summed E-state index contributed by atoms with van der Waals surface area (Å²) in [5, 5.41) is 0. The van der Waals surface area contributed by atoms with Crippen LogP contribution in [0.1, 0.15) is 24.8 Å². The number of allylic oxidation sites excluding steroid dienone is 2. The maximum Gasteiger partial charge on any atom is 0.155 e. The lowest BCUT2D eigenvalue weighted by Crippen LogP contribution is -2.33. The first-order valence-electron chi connectivity index (χ1n) is 5.75. The Bertz CT molecular complexity index is 462. The minimum absolute atomic E-state index is 0.0444. The summed E-state index contributed by atoms with van der Waals surface area (Å²) in [6.07, 6.45) is 6.38. The summed E-state index contributed by atoms with van der Waals surface area (Å²) in [6, 6.07) is 8.17. The number of hydrogen-bond acceptors (Lipinski definition) is 2. The first kappa shape index (κ1) is 9.64. The molecule has 16 heavy (non-hydrogen) atoms. The van der Waals surface area contributed by atoms with E-state index in [-0.39, 0.29) is 11.2 Å². The molecule has 0 fully saturated rings. The molecule has 3 rings (SSSR count). The maximum absolute atomic E-state index is 11.3. The second-order valence-corrected chi connectivity index (χ2v) is 4.55. The van der Waals surface area contributed by atoms with E-state index in [9.17, 15) is 4.79 Å². The van der Waals surface area contributed by atoms with Crippen LogP contribution in [0.4, 0.5) is 0 Å². The van der Waals surface area contributed by atoms with Crippen LogP contribution in [0.5, 0.6) is 5.75 Å². The van der Waals surface area contributed by atoms with Gasteiger partial charge in [0.05, 0.1) is 6.61 Å². The Labute approximate surface area is 94.9 Å². The van der Waals surface area contributed by atoms with Gasteiger partial charge >= 0.3 is 0 Å². The van der Waals surface area contributed by atoms with Gasteiger partial charge < -0.3 is 4.74 Å². The van der Waals surface area contributed by atoms with Crippen molar-refractivity contribution in [1.29, 1.82) is 0 Å². The molecule has 2 aliphatic rings. The maximum atomic E-state index is 11.3. The molecule has 0 bridgehead atoms. The van der Waals surface area contributed by atoms with Crippen molar-refractivity contribution >= 4 is 5.78 Å². The molecule has 0 amide bonds. The van der Waals surface area contributed by atoms with Gasteiger partial charge in [0.2, 0.25) is 0 Å². The van der Waals surface area contributed by atoms with E-state index in [1.165, 1.54) is 5.56 Å². The summed E-state index contributed by atoms with van der Waals surface area (Å²) < 4.78 is 5.66. The highest BCUT2D eigenvalue weighted by atomic mass is 16.5. The van der Waals surface area contributed by atoms with Crippen molar-refractivity contribution in [2.24, 2.45) is 0 Å². The van der Waals surface area contributed by atoms with Crippen LogP contribution in [0.3, 0.4) is 0 Å². The predicted molar refractivity (Wildman–Crippen MR) is 61.6 cm³/mol. The molecule has 1 aromatic rings. The normalized spacial score (nSPS) is 27.6. The standard InChI is InChI=1S/C14H14O2/c15-11-5-7-14(8-6-11)9-10-16-13-4-2-1-3-12(13)14/h1-5,7H,6,8-10H2/t14-/m1/s1. The summed E-state index contributed by atoms with van der Waals surface area (Å²) in [5.74, 6) is 1.22. The molecule has 1 spiro atoms. The molecule has 0 aromatic heterocycles. The van der Waals surface area contributed by atoms with Crippen LogP contribution < -0.4 is 4.74 Å². The van der Waals surface area contributed by atoms with Crippen LogP contribution in [0, 0.1) is 0 Å². The van der Waals surface area contributed by atoms with Crippen LogP contribution in [-0.4, -0.2) is 12.4 Å². The molecule has 82 valence electrons. The van der Waals surface area contributed by atoms with E-state index >= 15 is 0 Å². The Hall–Kier alpha value is -1.57. The zero-order valence-electron chi connectivity index (χ0n) is 9.11. The van der Waals surface area contributed by atoms with Gasteiger partial charge in [-0.1, -0.05) is 24.3 Å². The Morgan fingerprint density at radius 3 is 2.88 bits per heavy atom. The number of rotatable bonds is 0. The molecule has 0 radical (unpaired) electrons. The number of carbonyl (C=O) groups excluding carboxylic acids is 1. The number of ketones is 1. The fourth-order valence-electron chi connectivity index (χ4n) is 2.68. The Balaban J connectivity index is 2.10. The minimum Gasteiger partial charge on any atom is -0.493 e. The van der Waals surface area contributed by atoms with Crippen molar-refractivity contribution in [3.8, 4) is 5.75 Å². The number of ether oxygens (including phenoxy) is 1. The second kappa shape index (κ2) is 3.48. The third-order valence-corrected chi connectivity index (χ3v) is 3.63. The van der Waals surface area contributed by atoms with Crippen LogP contribution in [-0.2, 0) is 10.2 Å². The molecule has 1 aliphatic heterocycles. The molecule has 2 nitrogen and oxygen atoms in total. The van der Waals surface area contributed by atoms with Gasteiger partial charge in [-0.25, -0.2) is 0 Å². The van der Waals surface area contributed by atoms with Gasteiger partial charge in [0.25, 0.3) is 0 Å². The van der Waals surface area contributed by atoms with Gasteiger partial charge in [0.1, 0.15) is 5.75 Å². The van der Waals surface area contributed by atoms with E-state index in [0.717, 1.165) is 25.2 Å². The zero-order valence-corrected chi connectivity index (χ0v) is 9.11. The molecule has 2 heteroatoms. The van der Waals surface area contributed by atoms with E-state index in [1.54, 1.807) is 6.08 Å². The fraction of sp³-hybridized carbons (Fsp3) is 0.357. The molecule has 1 atom stereocenters. The van der Waals surface area contributed by atoms with Crippen LogP contribution in [0.2, 0.25) is 0 Å². The average Bonchev–Trinajstić information content (AvgIpc) is 2.34. The third kappa shape index (κ3) is 1.37. The van der Waals surface area contributed by atoms with Gasteiger partial charge in [-0.3, -0.25) is 4.79 Å². The number of para-hydroxylation sites is 1. The number of carbonyl (C=O) groups is 1. The lowest BCUT2D eigenvalue weighted by Gasteiger charge is -2.38. The van der Waals surface area contributed by atoms with Crippen molar-refractivity contribution in [3.63, 3.8) is 0 Å². The molecule has 1 heterocycles. The average molecular weight is 214 g/mol. The SMILES string of the molecule is O=C1C=C[C@]2(CCOc3ccccc32)CC1. The highest BCUT2D eigenvalue weighted by Crippen LogP contribution is 2.44. The summed E-state index contributed by atoms with van der Waals surface area (Å²) in [6.45, 7) is 0.746. The lowest BCUT2D eigenvalue weighted by atomic mass is 9.70. The Kier molecular flexibility index (Phi) is 2.10. The van der Waals surface area contributed by atoms with E-state index in [1.807, 2.05) is 18.2 Å². The molecule has 0 unspecified atom stereocenters. The number of benzene rings is 1. The van der Waals surface area contributed by atoms with Crippen LogP contribution in [0.25, 0.3) is 0 Å². The van der Waals surface area contributed by atoms with Crippen molar-refractivity contribution in [1.82, 2.24) is 0 Å². The van der Waals surface area contributed by atoms with Gasteiger partial charge in [0.15, 0.2) is 5.78 Å². The van der Waals surface area contributed by atoms with Crippen molar-refractivity contribution in [2.45, 2.75) is 24.7 Å². The monoisotopic (exact) mass is 214 g/mol. The minimum atomic E-state index is 0.0444. The Morgan fingerprint density at radius 1 is 1.19 bits per heavy atom. The topological polar surface area (TPSA) is 26.3 Å². The fourth-order valence-corrected chi connectivity index (χ4v) is 2.68. The molecule has 1 aliphatic carbocycles. The van der Waals surface area contributed by atoms with Crippen molar-refractivity contribution < 1.29 is 9.53 Å². The van der Waals surface area contributed by atoms with Gasteiger partial charge in [0, 0.05) is 17.4 Å². The van der Waals surface area contributed by atoms with Gasteiger partial charge in [-0.05, 0) is 25.0 Å².